The summed E-state index contributed by atoms with van der Waals surface area (Å²) in [6.45, 7) is 0. The number of aliphatic hydroxyl groups excluding tert-OH is 4. The van der Waals surface area contributed by atoms with Gasteiger partial charge in [-0.05, 0) is 12.2 Å². The number of thioether (sulfide) groups is 2. The van der Waals surface area contributed by atoms with Crippen molar-refractivity contribution in [1.29, 1.82) is 0 Å². The van der Waals surface area contributed by atoms with E-state index in [-0.39, 0.29) is 21.7 Å². The third-order valence-electron chi connectivity index (χ3n) is 1.90. The minimum Gasteiger partial charge on any atom is -0.508 e. The Kier molecular flexibility index (Phi) is 3.60. The number of allylic oxidation sites excluding steroid dienone is 2. The molecule has 2 atom stereocenters. The first-order valence-electron chi connectivity index (χ1n) is 4.64. The second-order valence-electron chi connectivity index (χ2n) is 3.26. The van der Waals surface area contributed by atoms with Crippen LogP contribution in [-0.4, -0.2) is 31.3 Å². The van der Waals surface area contributed by atoms with E-state index in [0.717, 1.165) is 23.5 Å². The van der Waals surface area contributed by atoms with Crippen LogP contribution in [0.2, 0.25) is 0 Å². The Morgan fingerprint density at radius 1 is 0.824 bits per heavy atom. The molecule has 0 aromatic heterocycles. The van der Waals surface area contributed by atoms with Gasteiger partial charge >= 0.3 is 0 Å². The molecule has 0 amide bonds. The largest absolute Gasteiger partial charge is 0.508 e. The summed E-state index contributed by atoms with van der Waals surface area (Å²) >= 11 is 2.04. The van der Waals surface area contributed by atoms with Crippen molar-refractivity contribution in [3.8, 4) is 0 Å². The average molecular weight is 274 g/mol. The molecule has 2 aliphatic heterocycles. The van der Waals surface area contributed by atoms with Gasteiger partial charge in [0.25, 0.3) is 0 Å². The Morgan fingerprint density at radius 2 is 1.24 bits per heavy atom. The fourth-order valence-corrected chi connectivity index (χ4v) is 2.96. The lowest BCUT2D eigenvalue weighted by Gasteiger charge is -2.22. The van der Waals surface area contributed by atoms with Gasteiger partial charge in [0.2, 0.25) is 0 Å². The molecule has 0 radical (unpaired) electrons. The molecule has 2 rings (SSSR count). The van der Waals surface area contributed by atoms with E-state index in [0.29, 0.717) is 0 Å². The molecule has 0 aromatic rings. The smallest absolute Gasteiger partial charge is 0.156 e. The predicted molar refractivity (Wildman–Crippen MR) is 66.7 cm³/mol. The maximum atomic E-state index is 9.29. The van der Waals surface area contributed by atoms with Crippen LogP contribution in [0.3, 0.4) is 0 Å². The van der Waals surface area contributed by atoms with E-state index in [1.54, 1.807) is 0 Å². The molecule has 2 heterocycles. The van der Waals surface area contributed by atoms with Gasteiger partial charge in [-0.15, -0.1) is 0 Å². The third kappa shape index (κ3) is 3.39. The Balaban J connectivity index is 2.00. The van der Waals surface area contributed by atoms with Gasteiger partial charge < -0.3 is 25.2 Å². The number of ether oxygens (including phenoxy) is 1. The number of aliphatic hydroxyl groups is 4. The summed E-state index contributed by atoms with van der Waals surface area (Å²) in [6, 6.07) is 0. The van der Waals surface area contributed by atoms with E-state index in [1.807, 2.05) is 0 Å². The molecular formula is C10H10O5S2. The van der Waals surface area contributed by atoms with Crippen molar-refractivity contribution in [2.75, 3.05) is 0 Å². The minimum absolute atomic E-state index is 0.0521. The minimum atomic E-state index is -0.576. The molecule has 0 saturated heterocycles. The highest BCUT2D eigenvalue weighted by Gasteiger charge is 2.23. The van der Waals surface area contributed by atoms with Gasteiger partial charge in [-0.25, -0.2) is 0 Å². The van der Waals surface area contributed by atoms with Gasteiger partial charge in [0, 0.05) is 12.2 Å². The number of rotatable bonds is 2. The molecule has 0 aliphatic carbocycles. The third-order valence-corrected chi connectivity index (χ3v) is 3.58. The summed E-state index contributed by atoms with van der Waals surface area (Å²) in [5.41, 5.74) is -1.15. The van der Waals surface area contributed by atoms with Crippen molar-refractivity contribution in [3.63, 3.8) is 0 Å². The van der Waals surface area contributed by atoms with E-state index in [1.165, 1.54) is 24.3 Å². The zero-order valence-corrected chi connectivity index (χ0v) is 10.1. The standard InChI is InChI=1S/C10H10O5S2/c11-5-1-7(13)16-9(3-5)15-10-4-6(12)2-8(14)17-10/h1-4,9-14H. The molecule has 7 heteroatoms. The molecule has 4 N–H and O–H groups in total. The zero-order valence-electron chi connectivity index (χ0n) is 8.48. The quantitative estimate of drug-likeness (QED) is 0.615. The highest BCUT2D eigenvalue weighted by atomic mass is 32.2. The van der Waals surface area contributed by atoms with Gasteiger partial charge in [-0.1, -0.05) is 23.5 Å². The summed E-state index contributed by atoms with van der Waals surface area (Å²) in [5, 5.41) is 37.0. The topological polar surface area (TPSA) is 90.2 Å². The first-order chi connectivity index (χ1) is 8.02. The molecule has 17 heavy (non-hydrogen) atoms. The van der Waals surface area contributed by atoms with Crippen LogP contribution in [0.5, 0.6) is 0 Å². The van der Waals surface area contributed by atoms with Gasteiger partial charge in [0.15, 0.2) is 10.2 Å². The fourth-order valence-electron chi connectivity index (χ4n) is 1.27. The summed E-state index contributed by atoms with van der Waals surface area (Å²) in [5.74, 6) is -0.167. The van der Waals surface area contributed by atoms with Gasteiger partial charge in [0.1, 0.15) is 22.4 Å². The van der Waals surface area contributed by atoms with E-state index >= 15 is 0 Å². The van der Waals surface area contributed by atoms with Crippen LogP contribution in [0.15, 0.2) is 46.0 Å². The maximum Gasteiger partial charge on any atom is 0.156 e. The molecule has 0 aromatic carbocycles. The van der Waals surface area contributed by atoms with Crippen molar-refractivity contribution in [3.05, 3.63) is 46.0 Å². The summed E-state index contributed by atoms with van der Waals surface area (Å²) in [6.07, 6.45) is 5.27. The van der Waals surface area contributed by atoms with Gasteiger partial charge in [0.05, 0.1) is 0 Å². The fraction of sp³-hybridized carbons (Fsp3) is 0.200. The van der Waals surface area contributed by atoms with Crippen LogP contribution in [0, 0.1) is 0 Å². The van der Waals surface area contributed by atoms with Crippen LogP contribution in [-0.2, 0) is 4.74 Å². The van der Waals surface area contributed by atoms with E-state index in [4.69, 9.17) is 4.74 Å². The lowest BCUT2D eigenvalue weighted by Crippen LogP contribution is -2.18. The molecule has 0 fully saturated rings. The number of hydrogen-bond donors (Lipinski definition) is 4. The van der Waals surface area contributed by atoms with E-state index < -0.39 is 10.9 Å². The second-order valence-corrected chi connectivity index (χ2v) is 5.49. The van der Waals surface area contributed by atoms with Crippen molar-refractivity contribution in [2.45, 2.75) is 10.9 Å². The molecule has 2 aliphatic rings. The maximum absolute atomic E-state index is 9.29. The highest BCUT2D eigenvalue weighted by Crippen LogP contribution is 2.34. The number of hydrogen-bond acceptors (Lipinski definition) is 7. The molecule has 0 saturated carbocycles. The van der Waals surface area contributed by atoms with Gasteiger partial charge in [-0.2, -0.15) is 0 Å². The lowest BCUT2D eigenvalue weighted by atomic mass is 10.4. The SMILES string of the molecule is OC1=CC(OC2C=C(O)C=C(O)S2)SC(O)=C1. The predicted octanol–water partition coefficient (Wildman–Crippen LogP) is 2.83. The lowest BCUT2D eigenvalue weighted by molar-refractivity contribution is 0.140. The van der Waals surface area contributed by atoms with Crippen molar-refractivity contribution in [2.24, 2.45) is 0 Å². The first kappa shape index (κ1) is 12.3. The second kappa shape index (κ2) is 4.99. The summed E-state index contributed by atoms with van der Waals surface area (Å²) in [4.78, 5) is 0. The zero-order chi connectivity index (χ0) is 12.4. The van der Waals surface area contributed by atoms with E-state index in [9.17, 15) is 20.4 Å². The molecule has 0 spiro atoms. The molecule has 92 valence electrons. The highest BCUT2D eigenvalue weighted by molar-refractivity contribution is 8.04. The Hall–Kier alpha value is -1.18. The van der Waals surface area contributed by atoms with Gasteiger partial charge in [-0.3, -0.25) is 0 Å². The van der Waals surface area contributed by atoms with Crippen LogP contribution >= 0.6 is 23.5 Å². The van der Waals surface area contributed by atoms with Crippen LogP contribution in [0.25, 0.3) is 0 Å². The summed E-state index contributed by atoms with van der Waals surface area (Å²) in [7, 11) is 0. The van der Waals surface area contributed by atoms with Crippen LogP contribution in [0.4, 0.5) is 0 Å². The van der Waals surface area contributed by atoms with Crippen molar-refractivity contribution in [1.82, 2.24) is 0 Å². The van der Waals surface area contributed by atoms with Crippen LogP contribution in [0.1, 0.15) is 0 Å². The van der Waals surface area contributed by atoms with Crippen molar-refractivity contribution < 1.29 is 25.2 Å². The molecule has 2 unspecified atom stereocenters. The average Bonchev–Trinajstić information content (AvgIpc) is 2.13. The molecular weight excluding hydrogens is 264 g/mol. The summed E-state index contributed by atoms with van der Waals surface area (Å²) < 4.78 is 5.47. The first-order valence-corrected chi connectivity index (χ1v) is 6.40. The van der Waals surface area contributed by atoms with E-state index in [2.05, 4.69) is 0 Å². The van der Waals surface area contributed by atoms with Crippen LogP contribution < -0.4 is 0 Å². The molecule has 0 bridgehead atoms. The normalized spacial score (nSPS) is 28.9. The molecule has 5 nitrogen and oxygen atoms in total. The Morgan fingerprint density at radius 3 is 1.59 bits per heavy atom. The van der Waals surface area contributed by atoms with Crippen molar-refractivity contribution >= 4 is 23.5 Å². The Labute approximate surface area is 106 Å². The monoisotopic (exact) mass is 274 g/mol. The Bertz CT molecular complexity index is 398.